The number of aromatic nitrogens is 2. The molecule has 1 unspecified atom stereocenters. The van der Waals surface area contributed by atoms with Crippen LogP contribution in [0.3, 0.4) is 0 Å². The molecule has 1 N–H and O–H groups in total. The van der Waals surface area contributed by atoms with Crippen molar-refractivity contribution in [3.63, 3.8) is 0 Å². The van der Waals surface area contributed by atoms with E-state index in [1.807, 2.05) is 25.6 Å². The van der Waals surface area contributed by atoms with Crippen LogP contribution in [0.25, 0.3) is 0 Å². The molecule has 0 spiro atoms. The third-order valence-electron chi connectivity index (χ3n) is 2.87. The Morgan fingerprint density at radius 2 is 1.89 bits per heavy atom. The molecule has 0 aromatic carbocycles. The number of hydrogen-bond acceptors (Lipinski definition) is 4. The molecular formula is C13H20N2O2S. The average Bonchev–Trinajstić information content (AvgIpc) is 2.30. The Kier molecular flexibility index (Phi) is 5.59. The minimum absolute atomic E-state index is 0.00352. The van der Waals surface area contributed by atoms with Crippen LogP contribution < -0.4 is 0 Å². The average molecular weight is 268 g/mol. The van der Waals surface area contributed by atoms with Gasteiger partial charge in [0.2, 0.25) is 0 Å². The summed E-state index contributed by atoms with van der Waals surface area (Å²) in [6.45, 7) is 8.04. The van der Waals surface area contributed by atoms with Crippen LogP contribution in [0.5, 0.6) is 0 Å². The van der Waals surface area contributed by atoms with Crippen molar-refractivity contribution in [1.82, 2.24) is 9.97 Å². The molecule has 4 nitrogen and oxygen atoms in total. The summed E-state index contributed by atoms with van der Waals surface area (Å²) in [5.74, 6) is 0.736. The molecule has 0 aliphatic rings. The number of aryl methyl sites for hydroxylation is 2. The Morgan fingerprint density at radius 1 is 1.33 bits per heavy atom. The summed E-state index contributed by atoms with van der Waals surface area (Å²) in [6.07, 6.45) is 1.12. The van der Waals surface area contributed by atoms with Crippen LogP contribution >= 0.6 is 11.8 Å². The first-order valence-corrected chi connectivity index (χ1v) is 7.15. The third kappa shape index (κ3) is 4.29. The van der Waals surface area contributed by atoms with E-state index in [0.29, 0.717) is 5.25 Å². The smallest absolute Gasteiger partial charge is 0.307 e. The zero-order chi connectivity index (χ0) is 13.7. The summed E-state index contributed by atoms with van der Waals surface area (Å²) >= 11 is 1.83. The van der Waals surface area contributed by atoms with E-state index >= 15 is 0 Å². The predicted octanol–water partition coefficient (Wildman–Crippen LogP) is 2.75. The molecular weight excluding hydrogens is 248 g/mol. The SMILES string of the molecule is CCC(C)SCc1nc(C)c(CC(=O)O)c(C)n1. The second kappa shape index (κ2) is 6.73. The molecule has 0 bridgehead atoms. The standard InChI is InChI=1S/C13H20N2O2S/c1-5-8(2)18-7-12-14-9(3)11(6-13(16)17)10(4)15-12/h8H,5-7H2,1-4H3,(H,16,17). The van der Waals surface area contributed by atoms with Crippen molar-refractivity contribution in [2.24, 2.45) is 0 Å². The topological polar surface area (TPSA) is 63.1 Å². The normalized spacial score (nSPS) is 12.4. The lowest BCUT2D eigenvalue weighted by molar-refractivity contribution is -0.136. The second-order valence-corrected chi connectivity index (χ2v) is 5.82. The largest absolute Gasteiger partial charge is 0.481 e. The van der Waals surface area contributed by atoms with Crippen molar-refractivity contribution in [3.05, 3.63) is 22.8 Å². The molecule has 18 heavy (non-hydrogen) atoms. The van der Waals surface area contributed by atoms with E-state index in [9.17, 15) is 4.79 Å². The van der Waals surface area contributed by atoms with Gasteiger partial charge < -0.3 is 5.11 Å². The zero-order valence-corrected chi connectivity index (χ0v) is 12.2. The Morgan fingerprint density at radius 3 is 2.33 bits per heavy atom. The van der Waals surface area contributed by atoms with E-state index < -0.39 is 5.97 Å². The van der Waals surface area contributed by atoms with Crippen molar-refractivity contribution in [2.75, 3.05) is 0 Å². The van der Waals surface area contributed by atoms with Crippen LogP contribution in [0.1, 0.15) is 43.0 Å². The molecule has 0 saturated carbocycles. The summed E-state index contributed by atoms with van der Waals surface area (Å²) < 4.78 is 0. The first-order valence-electron chi connectivity index (χ1n) is 6.10. The first-order chi connectivity index (χ1) is 8.43. The monoisotopic (exact) mass is 268 g/mol. The number of rotatable bonds is 6. The summed E-state index contributed by atoms with van der Waals surface area (Å²) in [7, 11) is 0. The molecule has 0 fully saturated rings. The van der Waals surface area contributed by atoms with Crippen LogP contribution in [0.4, 0.5) is 0 Å². The lowest BCUT2D eigenvalue weighted by Gasteiger charge is -2.11. The molecule has 0 aliphatic heterocycles. The number of nitrogens with zero attached hydrogens (tertiary/aromatic N) is 2. The quantitative estimate of drug-likeness (QED) is 0.859. The van der Waals surface area contributed by atoms with Crippen LogP contribution in [-0.4, -0.2) is 26.3 Å². The van der Waals surface area contributed by atoms with E-state index in [4.69, 9.17) is 5.11 Å². The van der Waals surface area contributed by atoms with Gasteiger partial charge in [0, 0.05) is 22.2 Å². The van der Waals surface area contributed by atoms with Gasteiger partial charge in [0.05, 0.1) is 12.2 Å². The van der Waals surface area contributed by atoms with Crippen molar-refractivity contribution < 1.29 is 9.90 Å². The van der Waals surface area contributed by atoms with Crippen molar-refractivity contribution in [1.29, 1.82) is 0 Å². The van der Waals surface area contributed by atoms with E-state index in [1.54, 1.807) is 0 Å². The fourth-order valence-corrected chi connectivity index (χ4v) is 2.41. The van der Waals surface area contributed by atoms with Gasteiger partial charge in [-0.05, 0) is 20.3 Å². The van der Waals surface area contributed by atoms with Gasteiger partial charge in [0.15, 0.2) is 0 Å². The third-order valence-corrected chi connectivity index (χ3v) is 4.19. The Balaban J connectivity index is 2.82. The van der Waals surface area contributed by atoms with E-state index in [2.05, 4.69) is 23.8 Å². The molecule has 5 heteroatoms. The molecule has 1 aromatic rings. The maximum atomic E-state index is 10.8. The highest BCUT2D eigenvalue weighted by molar-refractivity contribution is 7.99. The molecule has 100 valence electrons. The Labute approximate surface area is 112 Å². The Bertz CT molecular complexity index is 412. The summed E-state index contributed by atoms with van der Waals surface area (Å²) in [6, 6.07) is 0. The summed E-state index contributed by atoms with van der Waals surface area (Å²) in [5.41, 5.74) is 2.30. The van der Waals surface area contributed by atoms with Crippen LogP contribution in [-0.2, 0) is 17.0 Å². The number of thioether (sulfide) groups is 1. The summed E-state index contributed by atoms with van der Waals surface area (Å²) in [4.78, 5) is 19.5. The highest BCUT2D eigenvalue weighted by Crippen LogP contribution is 2.19. The predicted molar refractivity (Wildman–Crippen MR) is 73.9 cm³/mol. The zero-order valence-electron chi connectivity index (χ0n) is 11.4. The lowest BCUT2D eigenvalue weighted by Crippen LogP contribution is -2.10. The highest BCUT2D eigenvalue weighted by atomic mass is 32.2. The van der Waals surface area contributed by atoms with Crippen molar-refractivity contribution >= 4 is 17.7 Å². The van der Waals surface area contributed by atoms with Crippen LogP contribution in [0, 0.1) is 13.8 Å². The number of aliphatic carboxylic acids is 1. The number of hydrogen-bond donors (Lipinski definition) is 1. The molecule has 0 saturated heterocycles. The number of carboxylic acid groups (broad SMARTS) is 1. The molecule has 0 aliphatic carbocycles. The van der Waals surface area contributed by atoms with E-state index in [0.717, 1.165) is 34.9 Å². The second-order valence-electron chi connectivity index (χ2n) is 4.39. The fraction of sp³-hybridized carbons (Fsp3) is 0.615. The Hall–Kier alpha value is -1.10. The van der Waals surface area contributed by atoms with Crippen LogP contribution in [0.15, 0.2) is 0 Å². The highest BCUT2D eigenvalue weighted by Gasteiger charge is 2.12. The van der Waals surface area contributed by atoms with Crippen LogP contribution in [0.2, 0.25) is 0 Å². The molecule has 1 aromatic heterocycles. The van der Waals surface area contributed by atoms with Crippen molar-refractivity contribution in [3.8, 4) is 0 Å². The van der Waals surface area contributed by atoms with Gasteiger partial charge in [-0.25, -0.2) is 9.97 Å². The minimum Gasteiger partial charge on any atom is -0.481 e. The maximum absolute atomic E-state index is 10.8. The van der Waals surface area contributed by atoms with Gasteiger partial charge in [0.25, 0.3) is 0 Å². The number of carbonyl (C=O) groups is 1. The molecule has 0 amide bonds. The number of carboxylic acids is 1. The van der Waals surface area contributed by atoms with E-state index in [1.165, 1.54) is 0 Å². The van der Waals surface area contributed by atoms with Crippen molar-refractivity contribution in [2.45, 2.75) is 51.5 Å². The van der Waals surface area contributed by atoms with Gasteiger partial charge in [-0.3, -0.25) is 4.79 Å². The van der Waals surface area contributed by atoms with Gasteiger partial charge in [0.1, 0.15) is 5.82 Å². The van der Waals surface area contributed by atoms with E-state index in [-0.39, 0.29) is 6.42 Å². The molecule has 1 heterocycles. The fourth-order valence-electron chi connectivity index (χ4n) is 1.62. The van der Waals surface area contributed by atoms with Gasteiger partial charge >= 0.3 is 5.97 Å². The summed E-state index contributed by atoms with van der Waals surface area (Å²) in [5, 5.41) is 9.42. The maximum Gasteiger partial charge on any atom is 0.307 e. The first kappa shape index (κ1) is 15.0. The van der Waals surface area contributed by atoms with Gasteiger partial charge in [-0.15, -0.1) is 0 Å². The van der Waals surface area contributed by atoms with Gasteiger partial charge in [-0.2, -0.15) is 11.8 Å². The molecule has 1 rings (SSSR count). The molecule has 1 atom stereocenters. The molecule has 0 radical (unpaired) electrons. The minimum atomic E-state index is -0.841. The van der Waals surface area contributed by atoms with Gasteiger partial charge in [-0.1, -0.05) is 13.8 Å². The lowest BCUT2D eigenvalue weighted by atomic mass is 10.1.